The van der Waals surface area contributed by atoms with Crippen molar-refractivity contribution in [2.45, 2.75) is 25.8 Å². The summed E-state index contributed by atoms with van der Waals surface area (Å²) in [5, 5.41) is 18.2. The fourth-order valence-corrected chi connectivity index (χ4v) is 4.76. The number of esters is 1. The van der Waals surface area contributed by atoms with E-state index in [4.69, 9.17) is 16.3 Å². The molecule has 0 fully saturated rings. The van der Waals surface area contributed by atoms with Gasteiger partial charge in [-0.3, -0.25) is 14.4 Å². The molecule has 11 nitrogen and oxygen atoms in total. The lowest BCUT2D eigenvalue weighted by atomic mass is 10.0. The molecule has 3 aromatic carbocycles. The number of nitrogens with zero attached hydrogens (tertiary/aromatic N) is 4. The predicted molar refractivity (Wildman–Crippen MR) is 163 cm³/mol. The van der Waals surface area contributed by atoms with Gasteiger partial charge in [-0.1, -0.05) is 41.9 Å². The Morgan fingerprint density at radius 1 is 1.09 bits per heavy atom. The van der Waals surface area contributed by atoms with Crippen LogP contribution in [0.4, 0.5) is 5.69 Å². The van der Waals surface area contributed by atoms with Crippen molar-refractivity contribution < 1.29 is 19.1 Å². The van der Waals surface area contributed by atoms with E-state index in [2.05, 4.69) is 31.1 Å². The number of anilines is 1. The summed E-state index contributed by atoms with van der Waals surface area (Å²) in [6.45, 7) is 2.05. The summed E-state index contributed by atoms with van der Waals surface area (Å²) in [6, 6.07) is 19.0. The standard InChI is InChI=1S/C31H28ClN7O4/c1-2-43-30(41)16-22-18-33-26-11-10-24(17-25(22)26)35-31(42)27(14-20-6-4-3-5-7-20)36-29(40)13-8-21-15-23(32)9-12-28(21)39-19-34-37-38-39/h3-13,15,17-19,27,33H,2,14,16H2,1H3,(H,35,42)(H,36,40)/t27-/m0/s1. The minimum atomic E-state index is -0.890. The van der Waals surface area contributed by atoms with E-state index in [1.165, 1.54) is 17.1 Å². The molecule has 0 radical (unpaired) electrons. The number of fused-ring (bicyclic) bond motifs is 1. The summed E-state index contributed by atoms with van der Waals surface area (Å²) in [6.07, 6.45) is 6.47. The molecule has 3 N–H and O–H groups in total. The molecule has 43 heavy (non-hydrogen) atoms. The Bertz CT molecular complexity index is 1770. The monoisotopic (exact) mass is 597 g/mol. The van der Waals surface area contributed by atoms with Gasteiger partial charge in [0.15, 0.2) is 0 Å². The number of benzene rings is 3. The Morgan fingerprint density at radius 3 is 2.70 bits per heavy atom. The van der Waals surface area contributed by atoms with Crippen LogP contribution in [0.15, 0.2) is 85.3 Å². The highest BCUT2D eigenvalue weighted by Gasteiger charge is 2.21. The van der Waals surface area contributed by atoms with Gasteiger partial charge in [0.2, 0.25) is 11.8 Å². The molecule has 5 rings (SSSR count). The number of hydrogen-bond acceptors (Lipinski definition) is 7. The minimum Gasteiger partial charge on any atom is -0.466 e. The maximum absolute atomic E-state index is 13.5. The quantitative estimate of drug-likeness (QED) is 0.152. The lowest BCUT2D eigenvalue weighted by molar-refractivity contribution is -0.142. The molecule has 1 atom stereocenters. The fourth-order valence-electron chi connectivity index (χ4n) is 4.58. The Kier molecular flexibility index (Phi) is 9.23. The molecule has 218 valence electrons. The van der Waals surface area contributed by atoms with E-state index < -0.39 is 17.9 Å². The Morgan fingerprint density at radius 2 is 1.93 bits per heavy atom. The van der Waals surface area contributed by atoms with Gasteiger partial charge in [0.05, 0.1) is 18.7 Å². The van der Waals surface area contributed by atoms with E-state index in [0.29, 0.717) is 28.6 Å². The molecule has 2 amide bonds. The third-order valence-electron chi connectivity index (χ3n) is 6.59. The van der Waals surface area contributed by atoms with Crippen molar-refractivity contribution in [2.24, 2.45) is 0 Å². The summed E-state index contributed by atoms with van der Waals surface area (Å²) in [4.78, 5) is 41.8. The second-order valence-corrected chi connectivity index (χ2v) is 10.0. The molecule has 0 unspecified atom stereocenters. The van der Waals surface area contributed by atoms with Crippen LogP contribution in [0.1, 0.15) is 23.6 Å². The number of aromatic amines is 1. The lowest BCUT2D eigenvalue weighted by Crippen LogP contribution is -2.44. The number of nitrogens with one attached hydrogen (secondary N) is 3. The maximum atomic E-state index is 13.5. The molecule has 0 aliphatic carbocycles. The summed E-state index contributed by atoms with van der Waals surface area (Å²) >= 11 is 6.19. The van der Waals surface area contributed by atoms with Gasteiger partial charge in [-0.25, -0.2) is 0 Å². The number of amides is 2. The minimum absolute atomic E-state index is 0.103. The Balaban J connectivity index is 1.35. The van der Waals surface area contributed by atoms with E-state index in [0.717, 1.165) is 22.0 Å². The molecule has 0 spiro atoms. The summed E-state index contributed by atoms with van der Waals surface area (Å²) < 4.78 is 6.54. The first kappa shape index (κ1) is 29.2. The van der Waals surface area contributed by atoms with Crippen molar-refractivity contribution in [2.75, 3.05) is 11.9 Å². The number of carbonyl (C=O) groups is 3. The average molecular weight is 598 g/mol. The number of H-pyrrole nitrogens is 1. The van der Waals surface area contributed by atoms with Crippen LogP contribution >= 0.6 is 11.6 Å². The molecule has 0 aliphatic rings. The number of aromatic nitrogens is 5. The number of halogens is 1. The highest BCUT2D eigenvalue weighted by atomic mass is 35.5. The van der Waals surface area contributed by atoms with Gasteiger partial charge in [0.25, 0.3) is 0 Å². The van der Waals surface area contributed by atoms with Crippen LogP contribution in [0.25, 0.3) is 22.7 Å². The summed E-state index contributed by atoms with van der Waals surface area (Å²) in [7, 11) is 0. The number of carbonyl (C=O) groups excluding carboxylic acids is 3. The maximum Gasteiger partial charge on any atom is 0.310 e. The Labute approximate surface area is 251 Å². The van der Waals surface area contributed by atoms with Gasteiger partial charge in [-0.2, -0.15) is 4.68 Å². The predicted octanol–water partition coefficient (Wildman–Crippen LogP) is 4.28. The third-order valence-corrected chi connectivity index (χ3v) is 6.83. The molecule has 0 saturated heterocycles. The van der Waals surface area contributed by atoms with Crippen molar-refractivity contribution in [1.82, 2.24) is 30.5 Å². The van der Waals surface area contributed by atoms with Crippen LogP contribution in [0.5, 0.6) is 0 Å². The first-order valence-corrected chi connectivity index (χ1v) is 13.9. The van der Waals surface area contributed by atoms with E-state index in [-0.39, 0.29) is 18.8 Å². The van der Waals surface area contributed by atoms with Gasteiger partial charge in [0.1, 0.15) is 12.4 Å². The zero-order valence-electron chi connectivity index (χ0n) is 23.2. The van der Waals surface area contributed by atoms with Crippen molar-refractivity contribution in [3.63, 3.8) is 0 Å². The van der Waals surface area contributed by atoms with Crippen molar-refractivity contribution >= 4 is 52.1 Å². The fraction of sp³-hybridized carbons (Fsp3) is 0.161. The van der Waals surface area contributed by atoms with Crippen LogP contribution in [0.2, 0.25) is 5.02 Å². The molecular weight excluding hydrogens is 570 g/mol. The largest absolute Gasteiger partial charge is 0.466 e. The van der Waals surface area contributed by atoms with Crippen molar-refractivity contribution in [1.29, 1.82) is 0 Å². The SMILES string of the molecule is CCOC(=O)Cc1c[nH]c2ccc(NC(=O)[C@H](Cc3ccccc3)NC(=O)C=Cc3cc(Cl)ccc3-n3cnnn3)cc12. The van der Waals surface area contributed by atoms with Crippen LogP contribution in [0, 0.1) is 0 Å². The molecule has 2 aromatic heterocycles. The zero-order chi connectivity index (χ0) is 30.2. The third kappa shape index (κ3) is 7.52. The Hall–Kier alpha value is -5.29. The van der Waals surface area contributed by atoms with E-state index in [1.807, 2.05) is 36.4 Å². The molecule has 5 aromatic rings. The molecular formula is C31H28ClN7O4. The number of tetrazole rings is 1. The van der Waals surface area contributed by atoms with Crippen LogP contribution < -0.4 is 10.6 Å². The molecule has 2 heterocycles. The molecule has 0 bridgehead atoms. The van der Waals surface area contributed by atoms with Crippen molar-refractivity contribution in [3.05, 3.63) is 107 Å². The zero-order valence-corrected chi connectivity index (χ0v) is 23.9. The van der Waals surface area contributed by atoms with Gasteiger partial charge >= 0.3 is 5.97 Å². The topological polar surface area (TPSA) is 144 Å². The second-order valence-electron chi connectivity index (χ2n) is 9.59. The highest BCUT2D eigenvalue weighted by molar-refractivity contribution is 6.30. The lowest BCUT2D eigenvalue weighted by Gasteiger charge is -2.18. The van der Waals surface area contributed by atoms with E-state index in [9.17, 15) is 14.4 Å². The van der Waals surface area contributed by atoms with Crippen LogP contribution in [0.3, 0.4) is 0 Å². The van der Waals surface area contributed by atoms with Gasteiger partial charge in [-0.15, -0.1) is 5.10 Å². The molecule has 12 heteroatoms. The number of rotatable bonds is 11. The normalized spacial score (nSPS) is 11.9. The van der Waals surface area contributed by atoms with Gasteiger partial charge in [-0.05, 0) is 71.0 Å². The summed E-state index contributed by atoms with van der Waals surface area (Å²) in [5.41, 5.74) is 4.21. The molecule has 0 aliphatic heterocycles. The number of ether oxygens (including phenoxy) is 1. The number of hydrogen-bond donors (Lipinski definition) is 3. The smallest absolute Gasteiger partial charge is 0.310 e. The molecule has 0 saturated carbocycles. The van der Waals surface area contributed by atoms with Crippen LogP contribution in [-0.4, -0.2) is 55.6 Å². The summed E-state index contributed by atoms with van der Waals surface area (Å²) in [5.74, 6) is -1.21. The highest BCUT2D eigenvalue weighted by Crippen LogP contribution is 2.24. The average Bonchev–Trinajstić information content (AvgIpc) is 3.67. The van der Waals surface area contributed by atoms with Gasteiger partial charge < -0.3 is 20.4 Å². The van der Waals surface area contributed by atoms with Crippen molar-refractivity contribution in [3.8, 4) is 5.69 Å². The first-order valence-electron chi connectivity index (χ1n) is 13.5. The van der Waals surface area contributed by atoms with Gasteiger partial charge in [0, 0.05) is 45.9 Å². The van der Waals surface area contributed by atoms with E-state index >= 15 is 0 Å². The first-order chi connectivity index (χ1) is 20.9. The van der Waals surface area contributed by atoms with E-state index in [1.54, 1.807) is 49.5 Å². The second kappa shape index (κ2) is 13.6. The van der Waals surface area contributed by atoms with Crippen LogP contribution in [-0.2, 0) is 32.0 Å².